The molecule has 7 atom stereocenters. The van der Waals surface area contributed by atoms with Gasteiger partial charge in [-0.2, -0.15) is 0 Å². The van der Waals surface area contributed by atoms with E-state index in [0.717, 1.165) is 36.6 Å². The number of nitrogens with zero attached hydrogens (tertiary/aromatic N) is 1. The minimum absolute atomic E-state index is 0.0211. The van der Waals surface area contributed by atoms with Crippen molar-refractivity contribution in [2.24, 2.45) is 23.7 Å². The number of fused-ring (bicyclic) bond motifs is 3. The van der Waals surface area contributed by atoms with E-state index in [9.17, 15) is 19.2 Å². The molecule has 2 saturated carbocycles. The number of ketones is 1. The number of aromatic nitrogens is 1. The first-order valence-electron chi connectivity index (χ1n) is 13.5. The summed E-state index contributed by atoms with van der Waals surface area (Å²) in [6.07, 6.45) is 4.45. The molecule has 2 aliphatic heterocycles. The quantitative estimate of drug-likeness (QED) is 0.508. The number of hydrogen-bond donors (Lipinski definition) is 3. The first-order chi connectivity index (χ1) is 17.9. The van der Waals surface area contributed by atoms with E-state index in [-0.39, 0.29) is 59.6 Å². The highest BCUT2D eigenvalue weighted by molar-refractivity contribution is 6.02. The number of piperidine rings is 1. The van der Waals surface area contributed by atoms with E-state index in [1.54, 1.807) is 25.0 Å². The number of carbonyl (C=O) groups excluding carboxylic acids is 4. The number of carbonyl (C=O) groups is 4. The third kappa shape index (κ3) is 4.08. The number of nitrogens with one attached hydrogen (secondary N) is 3. The van der Waals surface area contributed by atoms with Crippen molar-refractivity contribution in [3.8, 4) is 5.75 Å². The van der Waals surface area contributed by atoms with Crippen molar-refractivity contribution in [2.45, 2.75) is 63.6 Å². The molecule has 3 amide bonds. The van der Waals surface area contributed by atoms with Crippen LogP contribution in [-0.2, 0) is 14.4 Å². The summed E-state index contributed by atoms with van der Waals surface area (Å²) in [6.45, 7) is 2.30. The van der Waals surface area contributed by atoms with Gasteiger partial charge in [0.05, 0.1) is 13.2 Å². The monoisotopic (exact) mass is 506 g/mol. The molecule has 3 N–H and O–H groups in total. The second-order valence-corrected chi connectivity index (χ2v) is 11.1. The van der Waals surface area contributed by atoms with Crippen LogP contribution >= 0.6 is 0 Å². The zero-order chi connectivity index (χ0) is 25.8. The number of likely N-dealkylation sites (tertiary alicyclic amines) is 1. The fourth-order valence-corrected chi connectivity index (χ4v) is 7.05. The Kier molecular flexibility index (Phi) is 5.96. The van der Waals surface area contributed by atoms with Gasteiger partial charge in [-0.25, -0.2) is 0 Å². The smallest absolute Gasteiger partial charge is 0.271 e. The SMILES string of the molecule is CCC(=O)C(CC1C(=O)NC2CC21)NC(=O)C1C2CCCC2CN1C(=O)c1cc2c(OC)cccc2[nH]1. The summed E-state index contributed by atoms with van der Waals surface area (Å²) >= 11 is 0. The number of amides is 3. The average Bonchev–Trinajstić information content (AvgIpc) is 3.26. The highest BCUT2D eigenvalue weighted by Crippen LogP contribution is 2.45. The molecule has 2 aliphatic carbocycles. The van der Waals surface area contributed by atoms with E-state index in [1.807, 2.05) is 18.2 Å². The number of Topliss-reactive ketones (excluding diaryl/α,β-unsaturated/α-hetero) is 1. The van der Waals surface area contributed by atoms with Crippen molar-refractivity contribution in [1.29, 1.82) is 0 Å². The molecule has 37 heavy (non-hydrogen) atoms. The first kappa shape index (κ1) is 24.0. The van der Waals surface area contributed by atoms with E-state index in [4.69, 9.17) is 4.74 Å². The fourth-order valence-electron chi connectivity index (χ4n) is 7.05. The molecular formula is C28H34N4O5. The third-order valence-electron chi connectivity index (χ3n) is 9.06. The van der Waals surface area contributed by atoms with Crippen LogP contribution in [0.1, 0.15) is 55.9 Å². The minimum atomic E-state index is -0.720. The van der Waals surface area contributed by atoms with E-state index >= 15 is 0 Å². The summed E-state index contributed by atoms with van der Waals surface area (Å²) in [6, 6.07) is 6.26. The molecular weight excluding hydrogens is 472 g/mol. The number of benzene rings is 1. The van der Waals surface area contributed by atoms with Gasteiger partial charge in [0.25, 0.3) is 5.91 Å². The largest absolute Gasteiger partial charge is 0.496 e. The van der Waals surface area contributed by atoms with Crippen LogP contribution in [0.2, 0.25) is 0 Å². The van der Waals surface area contributed by atoms with Crippen LogP contribution in [0.3, 0.4) is 0 Å². The van der Waals surface area contributed by atoms with Gasteiger partial charge >= 0.3 is 0 Å². The third-order valence-corrected chi connectivity index (χ3v) is 9.06. The normalized spacial score (nSPS) is 30.5. The van der Waals surface area contributed by atoms with Crippen molar-refractivity contribution < 1.29 is 23.9 Å². The molecule has 4 fully saturated rings. The van der Waals surface area contributed by atoms with Gasteiger partial charge in [-0.3, -0.25) is 19.2 Å². The van der Waals surface area contributed by atoms with Crippen LogP contribution in [0, 0.1) is 23.7 Å². The van der Waals surface area contributed by atoms with Gasteiger partial charge in [-0.1, -0.05) is 19.4 Å². The summed E-state index contributed by atoms with van der Waals surface area (Å²) in [5.41, 5.74) is 1.21. The zero-order valence-electron chi connectivity index (χ0n) is 21.3. The van der Waals surface area contributed by atoms with Crippen LogP contribution in [0.15, 0.2) is 24.3 Å². The lowest BCUT2D eigenvalue weighted by molar-refractivity contribution is -0.132. The minimum Gasteiger partial charge on any atom is -0.496 e. The van der Waals surface area contributed by atoms with Crippen LogP contribution in [-0.4, -0.2) is 65.2 Å². The molecule has 1 aromatic carbocycles. The Morgan fingerprint density at radius 2 is 2.05 bits per heavy atom. The van der Waals surface area contributed by atoms with Crippen molar-refractivity contribution in [3.05, 3.63) is 30.0 Å². The Labute approximate surface area is 215 Å². The molecule has 3 heterocycles. The zero-order valence-corrected chi connectivity index (χ0v) is 21.3. The van der Waals surface area contributed by atoms with Gasteiger partial charge in [0, 0.05) is 35.8 Å². The second-order valence-electron chi connectivity index (χ2n) is 11.1. The molecule has 2 saturated heterocycles. The van der Waals surface area contributed by atoms with Crippen molar-refractivity contribution >= 4 is 34.4 Å². The topological polar surface area (TPSA) is 121 Å². The molecule has 196 valence electrons. The maximum Gasteiger partial charge on any atom is 0.271 e. The van der Waals surface area contributed by atoms with Crippen LogP contribution in [0.5, 0.6) is 5.75 Å². The predicted octanol–water partition coefficient (Wildman–Crippen LogP) is 2.41. The first-order valence-corrected chi connectivity index (χ1v) is 13.5. The van der Waals surface area contributed by atoms with Crippen LogP contribution in [0.4, 0.5) is 0 Å². The van der Waals surface area contributed by atoms with E-state index in [0.29, 0.717) is 24.4 Å². The standard InChI is InChI=1S/C28H34N4O5/c1-3-23(33)21(11-17-16-10-20(16)30-26(17)34)31-27(35)25-15-7-4-6-14(15)13-32(25)28(36)22-12-18-19(29-22)8-5-9-24(18)37-2/h5,8-9,12,14-17,20-21,25,29H,3-4,6-7,10-11,13H2,1-2H3,(H,30,34)(H,31,35). The molecule has 2 aromatic rings. The maximum atomic E-state index is 13.8. The molecule has 0 spiro atoms. The van der Waals surface area contributed by atoms with Gasteiger partial charge in [0.1, 0.15) is 17.5 Å². The van der Waals surface area contributed by atoms with Crippen molar-refractivity contribution in [1.82, 2.24) is 20.5 Å². The number of hydrogen-bond acceptors (Lipinski definition) is 5. The highest BCUT2D eigenvalue weighted by atomic mass is 16.5. The van der Waals surface area contributed by atoms with Gasteiger partial charge < -0.3 is 25.3 Å². The predicted molar refractivity (Wildman–Crippen MR) is 136 cm³/mol. The van der Waals surface area contributed by atoms with Crippen molar-refractivity contribution in [3.63, 3.8) is 0 Å². The molecule has 9 nitrogen and oxygen atoms in total. The average molecular weight is 507 g/mol. The summed E-state index contributed by atoms with van der Waals surface area (Å²) in [5.74, 6) is 0.437. The Hall–Kier alpha value is -3.36. The lowest BCUT2D eigenvalue weighted by Crippen LogP contribution is -2.53. The number of aromatic amines is 1. The van der Waals surface area contributed by atoms with Crippen molar-refractivity contribution in [2.75, 3.05) is 13.7 Å². The lowest BCUT2D eigenvalue weighted by atomic mass is 9.90. The maximum absolute atomic E-state index is 13.8. The molecule has 1 aromatic heterocycles. The second kappa shape index (κ2) is 9.19. The number of rotatable bonds is 8. The summed E-state index contributed by atoms with van der Waals surface area (Å²) in [7, 11) is 1.60. The van der Waals surface area contributed by atoms with Gasteiger partial charge in [-0.05, 0) is 61.6 Å². The van der Waals surface area contributed by atoms with Crippen LogP contribution < -0.4 is 15.4 Å². The Balaban J connectivity index is 1.25. The van der Waals surface area contributed by atoms with Crippen LogP contribution in [0.25, 0.3) is 10.9 Å². The van der Waals surface area contributed by atoms with Gasteiger partial charge in [0.2, 0.25) is 11.8 Å². The summed E-state index contributed by atoms with van der Waals surface area (Å²) in [5, 5.41) is 6.79. The molecule has 0 radical (unpaired) electrons. The molecule has 6 rings (SSSR count). The van der Waals surface area contributed by atoms with E-state index in [2.05, 4.69) is 15.6 Å². The molecule has 9 heteroatoms. The Morgan fingerprint density at radius 1 is 1.22 bits per heavy atom. The Morgan fingerprint density at radius 3 is 2.78 bits per heavy atom. The summed E-state index contributed by atoms with van der Waals surface area (Å²) < 4.78 is 5.45. The molecule has 0 bridgehead atoms. The number of ether oxygens (including phenoxy) is 1. The number of H-pyrrole nitrogens is 1. The highest BCUT2D eigenvalue weighted by Gasteiger charge is 2.54. The molecule has 7 unspecified atom stereocenters. The number of methoxy groups -OCH3 is 1. The van der Waals surface area contributed by atoms with E-state index < -0.39 is 12.1 Å². The van der Waals surface area contributed by atoms with Gasteiger partial charge in [0.15, 0.2) is 5.78 Å². The Bertz CT molecular complexity index is 1270. The van der Waals surface area contributed by atoms with Gasteiger partial charge in [-0.15, -0.1) is 0 Å². The summed E-state index contributed by atoms with van der Waals surface area (Å²) in [4.78, 5) is 57.7. The van der Waals surface area contributed by atoms with E-state index in [1.165, 1.54) is 0 Å². The lowest BCUT2D eigenvalue weighted by Gasteiger charge is -2.29. The fraction of sp³-hybridized carbons (Fsp3) is 0.571. The molecule has 4 aliphatic rings.